The summed E-state index contributed by atoms with van der Waals surface area (Å²) < 4.78 is 66.3. The molecular weight excluding hydrogens is 559 g/mol. The van der Waals surface area contributed by atoms with Gasteiger partial charge in [-0.3, -0.25) is 14.2 Å². The number of nitrogens with two attached hydrogens (primary N) is 1. The third kappa shape index (κ3) is 7.63. The molecule has 4 rings (SSSR count). The first-order valence-corrected chi connectivity index (χ1v) is 11.2. The van der Waals surface area contributed by atoms with Crippen molar-refractivity contribution in [3.8, 4) is 17.2 Å². The highest BCUT2D eigenvalue weighted by molar-refractivity contribution is 6.04. The van der Waals surface area contributed by atoms with Gasteiger partial charge in [0.15, 0.2) is 11.6 Å². The van der Waals surface area contributed by atoms with Crippen molar-refractivity contribution in [2.45, 2.75) is 12.8 Å². The number of ether oxygens (including phenoxy) is 1. The number of alkyl halides is 3. The molecule has 4 aromatic rings. The second kappa shape index (κ2) is 12.7. The van der Waals surface area contributed by atoms with Crippen LogP contribution in [0.25, 0.3) is 5.69 Å². The molecule has 2 aromatic carbocycles. The number of nitrogens with one attached hydrogen (secondary N) is 1. The van der Waals surface area contributed by atoms with Crippen molar-refractivity contribution >= 4 is 23.4 Å². The fourth-order valence-electron chi connectivity index (χ4n) is 3.19. The van der Waals surface area contributed by atoms with Gasteiger partial charge in [0.2, 0.25) is 0 Å². The van der Waals surface area contributed by atoms with E-state index in [4.69, 9.17) is 20.4 Å². The molecule has 0 aliphatic rings. The molecule has 0 aliphatic heterocycles. The van der Waals surface area contributed by atoms with Crippen LogP contribution in [0.2, 0.25) is 0 Å². The van der Waals surface area contributed by atoms with Crippen LogP contribution in [-0.4, -0.2) is 37.8 Å². The van der Waals surface area contributed by atoms with Crippen LogP contribution in [-0.2, 0) is 11.4 Å². The van der Waals surface area contributed by atoms with Gasteiger partial charge in [0.25, 0.3) is 11.5 Å². The zero-order chi connectivity index (χ0) is 30.3. The summed E-state index contributed by atoms with van der Waals surface area (Å²) in [5.41, 5.74) is 5.55. The Hall–Kier alpha value is -5.31. The highest BCUT2D eigenvalue weighted by Crippen LogP contribution is 2.31. The van der Waals surface area contributed by atoms with Crippen molar-refractivity contribution in [3.05, 3.63) is 106 Å². The van der Waals surface area contributed by atoms with Gasteiger partial charge in [-0.05, 0) is 54.6 Å². The summed E-state index contributed by atoms with van der Waals surface area (Å²) in [5.74, 6) is -4.74. The summed E-state index contributed by atoms with van der Waals surface area (Å²) in [7, 11) is 0. The molecule has 0 saturated carbocycles. The first kappa shape index (κ1) is 30.2. The smallest absolute Gasteiger partial charge is 0.475 e. The van der Waals surface area contributed by atoms with E-state index >= 15 is 0 Å². The van der Waals surface area contributed by atoms with Crippen LogP contribution in [0, 0.1) is 11.6 Å². The summed E-state index contributed by atoms with van der Waals surface area (Å²) in [6.45, 7) is -0.447. The fraction of sp³-hybridized carbons (Fsp3) is 0.0769. The molecule has 0 radical (unpaired) electrons. The topological polar surface area (TPSA) is 157 Å². The number of anilines is 2. The maximum atomic E-state index is 14.6. The lowest BCUT2D eigenvalue weighted by atomic mass is 10.2. The summed E-state index contributed by atoms with van der Waals surface area (Å²) in [4.78, 5) is 38.2. The quantitative estimate of drug-likeness (QED) is 0.247. The van der Waals surface area contributed by atoms with Gasteiger partial charge in [0, 0.05) is 29.8 Å². The Bertz CT molecular complexity index is 1620. The summed E-state index contributed by atoms with van der Waals surface area (Å²) in [6.07, 6.45) is -2.28. The first-order chi connectivity index (χ1) is 19.3. The average molecular weight is 578 g/mol. The van der Waals surface area contributed by atoms with E-state index in [0.717, 1.165) is 6.07 Å². The molecule has 0 atom stereocenters. The van der Waals surface area contributed by atoms with Crippen LogP contribution in [0.1, 0.15) is 15.9 Å². The zero-order valence-corrected chi connectivity index (χ0v) is 20.5. The standard InChI is InChI=1S/C24H18F2N4O4.C2HF3O2/c25-14-3-6-16(7-4-14)30-11-1-2-17(24(30)33)23(32)29-15-5-8-21(19(26)12-15)34-20-9-10-28-22(27)18(20)13-31;3-2(4,5)1(6)7/h1-12,31H,13H2,(H2,27,28)(H,29,32);(H,6,7). The number of amides is 1. The summed E-state index contributed by atoms with van der Waals surface area (Å²) in [6, 6.07) is 13.2. The van der Waals surface area contributed by atoms with Crippen molar-refractivity contribution in [2.75, 3.05) is 11.1 Å². The molecule has 2 aromatic heterocycles. The number of aliphatic carboxylic acids is 1. The largest absolute Gasteiger partial charge is 0.490 e. The maximum Gasteiger partial charge on any atom is 0.490 e. The number of hydrogen-bond acceptors (Lipinski definition) is 7. The predicted octanol–water partition coefficient (Wildman–Crippen LogP) is 4.26. The minimum absolute atomic E-state index is 0.0541. The molecule has 214 valence electrons. The average Bonchev–Trinajstić information content (AvgIpc) is 2.91. The summed E-state index contributed by atoms with van der Waals surface area (Å²) in [5, 5.41) is 19.0. The molecule has 15 heteroatoms. The number of rotatable bonds is 6. The van der Waals surface area contributed by atoms with Crippen molar-refractivity contribution in [1.29, 1.82) is 0 Å². The van der Waals surface area contributed by atoms with Crippen LogP contribution in [0.4, 0.5) is 33.5 Å². The molecule has 0 saturated heterocycles. The minimum Gasteiger partial charge on any atom is -0.475 e. The fourth-order valence-corrected chi connectivity index (χ4v) is 3.19. The molecule has 10 nitrogen and oxygen atoms in total. The van der Waals surface area contributed by atoms with Gasteiger partial charge in [0.1, 0.15) is 22.9 Å². The van der Waals surface area contributed by atoms with Gasteiger partial charge in [-0.15, -0.1) is 0 Å². The van der Waals surface area contributed by atoms with Gasteiger partial charge in [-0.1, -0.05) is 0 Å². The van der Waals surface area contributed by atoms with Crippen LogP contribution >= 0.6 is 0 Å². The molecule has 0 spiro atoms. The molecule has 1 amide bonds. The van der Waals surface area contributed by atoms with Crippen LogP contribution in [0.15, 0.2) is 77.9 Å². The van der Waals surface area contributed by atoms with E-state index in [-0.39, 0.29) is 34.1 Å². The van der Waals surface area contributed by atoms with E-state index < -0.39 is 41.9 Å². The maximum absolute atomic E-state index is 14.6. The van der Waals surface area contributed by atoms with Crippen LogP contribution in [0.3, 0.4) is 0 Å². The summed E-state index contributed by atoms with van der Waals surface area (Å²) >= 11 is 0. The highest BCUT2D eigenvalue weighted by atomic mass is 19.4. The number of carbonyl (C=O) groups is 2. The van der Waals surface area contributed by atoms with Gasteiger partial charge in [0.05, 0.1) is 12.2 Å². The lowest BCUT2D eigenvalue weighted by Crippen LogP contribution is -2.27. The lowest BCUT2D eigenvalue weighted by Gasteiger charge is -2.13. The second-order valence-electron chi connectivity index (χ2n) is 7.91. The normalized spacial score (nSPS) is 10.8. The number of aliphatic hydroxyl groups is 1. The van der Waals surface area contributed by atoms with Gasteiger partial charge in [-0.2, -0.15) is 13.2 Å². The Kier molecular flexibility index (Phi) is 9.36. The molecule has 0 aliphatic carbocycles. The van der Waals surface area contributed by atoms with Crippen LogP contribution < -0.4 is 21.3 Å². The van der Waals surface area contributed by atoms with E-state index in [0.29, 0.717) is 5.69 Å². The van der Waals surface area contributed by atoms with Crippen molar-refractivity contribution in [1.82, 2.24) is 9.55 Å². The molecule has 0 fully saturated rings. The number of nitrogens with zero attached hydrogens (tertiary/aromatic N) is 2. The Balaban J connectivity index is 0.000000587. The number of nitrogen functional groups attached to an aromatic ring is 1. The first-order valence-electron chi connectivity index (χ1n) is 11.2. The minimum atomic E-state index is -5.08. The van der Waals surface area contributed by atoms with Crippen LogP contribution in [0.5, 0.6) is 11.5 Å². The van der Waals surface area contributed by atoms with E-state index in [1.54, 1.807) is 0 Å². The number of halogens is 5. The van der Waals surface area contributed by atoms with E-state index in [1.807, 2.05) is 0 Å². The second-order valence-corrected chi connectivity index (χ2v) is 7.91. The molecule has 5 N–H and O–H groups in total. The number of carbonyl (C=O) groups excluding carboxylic acids is 1. The predicted molar refractivity (Wildman–Crippen MR) is 135 cm³/mol. The lowest BCUT2D eigenvalue weighted by molar-refractivity contribution is -0.192. The number of aromatic nitrogens is 2. The zero-order valence-electron chi connectivity index (χ0n) is 20.5. The number of benzene rings is 2. The number of pyridine rings is 2. The third-order valence-electron chi connectivity index (χ3n) is 5.15. The van der Waals surface area contributed by atoms with E-state index in [2.05, 4.69) is 10.3 Å². The Morgan fingerprint density at radius 1 is 1.02 bits per heavy atom. The third-order valence-corrected chi connectivity index (χ3v) is 5.15. The number of carboxylic acid groups (broad SMARTS) is 1. The molecule has 2 heterocycles. The molecule has 41 heavy (non-hydrogen) atoms. The monoisotopic (exact) mass is 578 g/mol. The van der Waals surface area contributed by atoms with Crippen molar-refractivity contribution in [2.24, 2.45) is 0 Å². The highest BCUT2D eigenvalue weighted by Gasteiger charge is 2.38. The molecule has 0 bridgehead atoms. The number of carboxylic acids is 1. The van der Waals surface area contributed by atoms with Gasteiger partial charge in [-0.25, -0.2) is 18.6 Å². The number of hydrogen-bond donors (Lipinski definition) is 4. The van der Waals surface area contributed by atoms with Gasteiger partial charge < -0.3 is 26.0 Å². The van der Waals surface area contributed by atoms with E-state index in [9.17, 15) is 36.6 Å². The van der Waals surface area contributed by atoms with E-state index in [1.165, 1.54) is 71.6 Å². The van der Waals surface area contributed by atoms with Gasteiger partial charge >= 0.3 is 12.1 Å². The number of aliphatic hydroxyl groups excluding tert-OH is 1. The molecular formula is C26H19F5N4O6. The van der Waals surface area contributed by atoms with Crippen molar-refractivity contribution < 1.29 is 46.5 Å². The van der Waals surface area contributed by atoms with Crippen molar-refractivity contribution in [3.63, 3.8) is 0 Å². The Morgan fingerprint density at radius 3 is 2.27 bits per heavy atom. The SMILES string of the molecule is Nc1nccc(Oc2ccc(NC(=O)c3cccn(-c4ccc(F)cc4)c3=O)cc2F)c1CO.O=C(O)C(F)(F)F. The Morgan fingerprint density at radius 2 is 1.68 bits per heavy atom. The molecule has 0 unspecified atom stereocenters. The Labute approximate surface area is 227 Å².